The number of nitrogens with two attached hydrogens (primary N) is 1. The molecule has 2 aromatic rings. The van der Waals surface area contributed by atoms with E-state index < -0.39 is 19.8 Å². The minimum atomic E-state index is -4.12. The first kappa shape index (κ1) is 13.8. The fraction of sp³-hybridized carbons (Fsp3) is 0.100. The van der Waals surface area contributed by atoms with Gasteiger partial charge in [-0.3, -0.25) is 10.1 Å². The predicted molar refractivity (Wildman–Crippen MR) is 69.6 cm³/mol. The molecule has 1 heterocycles. The van der Waals surface area contributed by atoms with E-state index in [4.69, 9.17) is 10.2 Å². The molecule has 0 amide bonds. The molecule has 106 valence electrons. The summed E-state index contributed by atoms with van der Waals surface area (Å²) in [7, 11) is -4.12. The quantitative estimate of drug-likeness (QED) is 0.491. The fourth-order valence-electron chi connectivity index (χ4n) is 1.44. The van der Waals surface area contributed by atoms with Gasteiger partial charge in [0.1, 0.15) is 11.2 Å². The SMILES string of the molecule is Cc1coc(NS(=O)(=O)c2cc([N+](=O)[O-])ccc2N)n1. The van der Waals surface area contributed by atoms with Crippen LogP contribution in [0.25, 0.3) is 0 Å². The lowest BCUT2D eigenvalue weighted by atomic mass is 10.3. The van der Waals surface area contributed by atoms with Crippen LogP contribution in [0, 0.1) is 17.0 Å². The van der Waals surface area contributed by atoms with Gasteiger partial charge >= 0.3 is 6.01 Å². The molecule has 0 bridgehead atoms. The Hall–Kier alpha value is -2.62. The van der Waals surface area contributed by atoms with Crippen molar-refractivity contribution in [1.29, 1.82) is 0 Å². The summed E-state index contributed by atoms with van der Waals surface area (Å²) in [6.07, 6.45) is 1.26. The molecule has 1 aromatic carbocycles. The third kappa shape index (κ3) is 2.69. The Morgan fingerprint density at radius 2 is 2.15 bits per heavy atom. The van der Waals surface area contributed by atoms with Gasteiger partial charge in [-0.05, 0) is 13.0 Å². The minimum Gasteiger partial charge on any atom is -0.431 e. The van der Waals surface area contributed by atoms with Gasteiger partial charge in [0.05, 0.1) is 16.3 Å². The summed E-state index contributed by atoms with van der Waals surface area (Å²) in [6, 6.07) is 2.89. The number of sulfonamides is 1. The highest BCUT2D eigenvalue weighted by Gasteiger charge is 2.22. The molecule has 0 spiro atoms. The number of nitrogens with one attached hydrogen (secondary N) is 1. The van der Waals surface area contributed by atoms with Crippen molar-refractivity contribution in [1.82, 2.24) is 4.98 Å². The van der Waals surface area contributed by atoms with Crippen LogP contribution in [0.5, 0.6) is 0 Å². The summed E-state index contributed by atoms with van der Waals surface area (Å²) in [4.78, 5) is 13.3. The Morgan fingerprint density at radius 1 is 1.45 bits per heavy atom. The number of nitro groups is 1. The largest absolute Gasteiger partial charge is 0.431 e. The number of non-ortho nitro benzene ring substituents is 1. The van der Waals surface area contributed by atoms with Crippen LogP contribution in [0.15, 0.2) is 33.8 Å². The molecular weight excluding hydrogens is 288 g/mol. The molecule has 0 aliphatic carbocycles. The second kappa shape index (κ2) is 4.81. The molecule has 9 nitrogen and oxygen atoms in total. The second-order valence-electron chi connectivity index (χ2n) is 3.88. The molecule has 0 unspecified atom stereocenters. The van der Waals surface area contributed by atoms with E-state index in [2.05, 4.69) is 9.71 Å². The zero-order valence-electron chi connectivity index (χ0n) is 10.2. The number of aryl methyl sites for hydroxylation is 1. The summed E-state index contributed by atoms with van der Waals surface area (Å²) >= 11 is 0. The number of nitrogen functional groups attached to an aromatic ring is 1. The van der Waals surface area contributed by atoms with E-state index in [1.807, 2.05) is 0 Å². The Kier molecular flexibility index (Phi) is 3.32. The lowest BCUT2D eigenvalue weighted by Gasteiger charge is -2.07. The van der Waals surface area contributed by atoms with Gasteiger partial charge in [-0.1, -0.05) is 0 Å². The van der Waals surface area contributed by atoms with Crippen LogP contribution in [0.3, 0.4) is 0 Å². The predicted octanol–water partition coefficient (Wildman–Crippen LogP) is 1.27. The third-order valence-corrected chi connectivity index (χ3v) is 3.71. The second-order valence-corrected chi connectivity index (χ2v) is 5.53. The van der Waals surface area contributed by atoms with Gasteiger partial charge in [-0.2, -0.15) is 4.98 Å². The third-order valence-electron chi connectivity index (χ3n) is 2.34. The maximum atomic E-state index is 12.1. The van der Waals surface area contributed by atoms with Gasteiger partial charge in [0.25, 0.3) is 15.7 Å². The van der Waals surface area contributed by atoms with Crippen molar-refractivity contribution in [2.75, 3.05) is 10.5 Å². The van der Waals surface area contributed by atoms with Crippen LogP contribution in [0.1, 0.15) is 5.69 Å². The lowest BCUT2D eigenvalue weighted by Crippen LogP contribution is -2.15. The molecule has 3 N–H and O–H groups in total. The first-order chi connectivity index (χ1) is 9.29. The smallest absolute Gasteiger partial charge is 0.309 e. The van der Waals surface area contributed by atoms with Crippen LogP contribution in [0.2, 0.25) is 0 Å². The highest BCUT2D eigenvalue weighted by molar-refractivity contribution is 7.92. The molecule has 10 heteroatoms. The van der Waals surface area contributed by atoms with E-state index in [0.717, 1.165) is 18.2 Å². The Labute approximate surface area is 113 Å². The van der Waals surface area contributed by atoms with E-state index >= 15 is 0 Å². The van der Waals surface area contributed by atoms with Gasteiger partial charge in [0.2, 0.25) is 0 Å². The Bertz CT molecular complexity index is 768. The standard InChI is InChI=1S/C10H10N4O5S/c1-6-5-19-10(12-6)13-20(17,18)9-4-7(14(15)16)2-3-8(9)11/h2-5H,11H2,1H3,(H,12,13). The monoisotopic (exact) mass is 298 g/mol. The summed E-state index contributed by atoms with van der Waals surface area (Å²) in [5.41, 5.74) is 5.52. The number of nitro benzene ring substituents is 1. The number of rotatable bonds is 4. The summed E-state index contributed by atoms with van der Waals surface area (Å²) in [5, 5.41) is 10.7. The van der Waals surface area contributed by atoms with Crippen LogP contribution in [-0.4, -0.2) is 18.3 Å². The minimum absolute atomic E-state index is 0.119. The summed E-state index contributed by atoms with van der Waals surface area (Å²) in [5.74, 6) is 0. The Balaban J connectivity index is 2.43. The maximum Gasteiger partial charge on any atom is 0.309 e. The van der Waals surface area contributed by atoms with Crippen molar-refractivity contribution in [3.63, 3.8) is 0 Å². The number of aromatic nitrogens is 1. The molecule has 0 saturated heterocycles. The number of nitrogens with zero attached hydrogens (tertiary/aromatic N) is 2. The van der Waals surface area contributed by atoms with E-state index in [1.54, 1.807) is 6.92 Å². The highest BCUT2D eigenvalue weighted by atomic mass is 32.2. The van der Waals surface area contributed by atoms with Crippen molar-refractivity contribution in [3.8, 4) is 0 Å². The van der Waals surface area contributed by atoms with Gasteiger partial charge in [0.15, 0.2) is 0 Å². The molecule has 2 rings (SSSR count). The molecule has 0 aliphatic heterocycles. The van der Waals surface area contributed by atoms with Gasteiger partial charge in [-0.25, -0.2) is 13.1 Å². The van der Waals surface area contributed by atoms with E-state index in [-0.39, 0.29) is 17.4 Å². The van der Waals surface area contributed by atoms with Gasteiger partial charge in [-0.15, -0.1) is 0 Å². The molecule has 0 fully saturated rings. The zero-order chi connectivity index (χ0) is 14.9. The first-order valence-corrected chi connectivity index (χ1v) is 6.77. The summed E-state index contributed by atoms with van der Waals surface area (Å²) < 4.78 is 31.1. The van der Waals surface area contributed by atoms with E-state index in [0.29, 0.717) is 5.69 Å². The molecule has 0 radical (unpaired) electrons. The molecule has 0 atom stereocenters. The zero-order valence-corrected chi connectivity index (χ0v) is 11.0. The molecule has 0 saturated carbocycles. The summed E-state index contributed by atoms with van der Waals surface area (Å²) in [6.45, 7) is 1.61. The van der Waals surface area contributed by atoms with Crippen LogP contribution >= 0.6 is 0 Å². The molecule has 1 aromatic heterocycles. The average molecular weight is 298 g/mol. The topological polar surface area (TPSA) is 141 Å². The van der Waals surface area contributed by atoms with E-state index in [1.165, 1.54) is 6.26 Å². The van der Waals surface area contributed by atoms with Gasteiger partial charge in [0, 0.05) is 12.1 Å². The Morgan fingerprint density at radius 3 is 2.70 bits per heavy atom. The number of oxazole rings is 1. The number of anilines is 2. The number of hydrogen-bond donors (Lipinski definition) is 2. The van der Waals surface area contributed by atoms with Crippen LogP contribution in [0.4, 0.5) is 17.4 Å². The normalized spacial score (nSPS) is 11.2. The number of hydrogen-bond acceptors (Lipinski definition) is 7. The van der Waals surface area contributed by atoms with Crippen molar-refractivity contribution in [3.05, 3.63) is 40.3 Å². The molecule has 0 aliphatic rings. The molecular formula is C10H10N4O5S. The van der Waals surface area contributed by atoms with E-state index in [9.17, 15) is 18.5 Å². The van der Waals surface area contributed by atoms with Gasteiger partial charge < -0.3 is 10.2 Å². The van der Waals surface area contributed by atoms with Crippen LogP contribution < -0.4 is 10.5 Å². The van der Waals surface area contributed by atoms with Crippen LogP contribution in [-0.2, 0) is 10.0 Å². The lowest BCUT2D eigenvalue weighted by molar-refractivity contribution is -0.385. The van der Waals surface area contributed by atoms with Crippen molar-refractivity contribution in [2.24, 2.45) is 0 Å². The number of benzene rings is 1. The molecule has 20 heavy (non-hydrogen) atoms. The van der Waals surface area contributed by atoms with Crippen molar-refractivity contribution in [2.45, 2.75) is 11.8 Å². The fourth-order valence-corrected chi connectivity index (χ4v) is 2.53. The van der Waals surface area contributed by atoms with Crippen molar-refractivity contribution >= 4 is 27.4 Å². The van der Waals surface area contributed by atoms with Crippen molar-refractivity contribution < 1.29 is 17.8 Å². The first-order valence-electron chi connectivity index (χ1n) is 5.28. The highest BCUT2D eigenvalue weighted by Crippen LogP contribution is 2.25. The average Bonchev–Trinajstić information content (AvgIpc) is 2.73. The maximum absolute atomic E-state index is 12.1.